The summed E-state index contributed by atoms with van der Waals surface area (Å²) in [5.41, 5.74) is 2.90. The topological polar surface area (TPSA) is 49.4 Å². The summed E-state index contributed by atoms with van der Waals surface area (Å²) in [6.07, 6.45) is 0. The molecule has 0 bridgehead atoms. The van der Waals surface area contributed by atoms with Crippen molar-refractivity contribution in [3.05, 3.63) is 29.3 Å². The van der Waals surface area contributed by atoms with Gasteiger partial charge in [0, 0.05) is 5.69 Å². The van der Waals surface area contributed by atoms with Gasteiger partial charge in [-0.25, -0.2) is 0 Å². The number of carbonyl (C=O) groups is 2. The number of nitrogens with zero attached hydrogens (tertiary/aromatic N) is 1. The van der Waals surface area contributed by atoms with Gasteiger partial charge in [-0.2, -0.15) is 0 Å². The van der Waals surface area contributed by atoms with E-state index in [1.807, 2.05) is 32.0 Å². The number of hydrogen-bond donors (Lipinski definition) is 1. The SMILES string of the molecule is Cc1ccc(NC(=O)CN2C(=O)CSC2=S)c(C)c1. The van der Waals surface area contributed by atoms with Crippen molar-refractivity contribution >= 4 is 45.8 Å². The number of thiocarbonyl (C=S) groups is 1. The van der Waals surface area contributed by atoms with Gasteiger partial charge < -0.3 is 5.32 Å². The van der Waals surface area contributed by atoms with Crippen LogP contribution in [-0.2, 0) is 9.59 Å². The molecule has 1 aliphatic heterocycles. The largest absolute Gasteiger partial charge is 0.324 e. The molecular formula is C13H14N2O2S2. The second-order valence-corrected chi connectivity index (χ2v) is 6.01. The van der Waals surface area contributed by atoms with Gasteiger partial charge in [0.05, 0.1) is 5.75 Å². The van der Waals surface area contributed by atoms with Crippen LogP contribution < -0.4 is 5.32 Å². The Bertz CT molecular complexity index is 542. The highest BCUT2D eigenvalue weighted by Gasteiger charge is 2.28. The Hall–Kier alpha value is -1.40. The Labute approximate surface area is 121 Å². The van der Waals surface area contributed by atoms with Crippen molar-refractivity contribution < 1.29 is 9.59 Å². The number of anilines is 1. The van der Waals surface area contributed by atoms with E-state index in [0.29, 0.717) is 10.1 Å². The molecule has 0 unspecified atom stereocenters. The molecular weight excluding hydrogens is 280 g/mol. The molecule has 0 spiro atoms. The third-order valence-corrected chi connectivity index (χ3v) is 4.23. The first kappa shape index (κ1) is 14.0. The Morgan fingerprint density at radius 3 is 2.79 bits per heavy atom. The summed E-state index contributed by atoms with van der Waals surface area (Å²) >= 11 is 6.33. The Balaban J connectivity index is 2.01. The van der Waals surface area contributed by atoms with Gasteiger partial charge in [-0.1, -0.05) is 41.7 Å². The van der Waals surface area contributed by atoms with Crippen LogP contribution in [0.3, 0.4) is 0 Å². The predicted molar refractivity (Wildman–Crippen MR) is 81.3 cm³/mol. The fraction of sp³-hybridized carbons (Fsp3) is 0.308. The molecule has 19 heavy (non-hydrogen) atoms. The highest BCUT2D eigenvalue weighted by Crippen LogP contribution is 2.20. The fourth-order valence-electron chi connectivity index (χ4n) is 1.82. The summed E-state index contributed by atoms with van der Waals surface area (Å²) < 4.78 is 0.473. The zero-order chi connectivity index (χ0) is 14.0. The first-order chi connectivity index (χ1) is 8.97. The lowest BCUT2D eigenvalue weighted by Crippen LogP contribution is -2.36. The number of rotatable bonds is 3. The van der Waals surface area contributed by atoms with Crippen molar-refractivity contribution in [1.29, 1.82) is 0 Å². The zero-order valence-electron chi connectivity index (χ0n) is 10.7. The third kappa shape index (κ3) is 3.33. The number of amides is 2. The van der Waals surface area contributed by atoms with Crippen LogP contribution in [0, 0.1) is 13.8 Å². The van der Waals surface area contributed by atoms with E-state index in [2.05, 4.69) is 5.32 Å². The summed E-state index contributed by atoms with van der Waals surface area (Å²) in [4.78, 5) is 24.8. The van der Waals surface area contributed by atoms with Crippen LogP contribution in [0.25, 0.3) is 0 Å². The summed E-state index contributed by atoms with van der Waals surface area (Å²) in [6, 6.07) is 5.79. The number of thioether (sulfide) groups is 1. The lowest BCUT2D eigenvalue weighted by Gasteiger charge is -2.15. The van der Waals surface area contributed by atoms with Crippen molar-refractivity contribution in [2.45, 2.75) is 13.8 Å². The molecule has 1 aromatic rings. The molecule has 2 amide bonds. The highest BCUT2D eigenvalue weighted by atomic mass is 32.2. The third-order valence-electron chi connectivity index (χ3n) is 2.80. The molecule has 1 aliphatic rings. The molecule has 1 heterocycles. The maximum Gasteiger partial charge on any atom is 0.244 e. The molecule has 1 N–H and O–H groups in total. The summed E-state index contributed by atoms with van der Waals surface area (Å²) in [6.45, 7) is 3.92. The van der Waals surface area contributed by atoms with Crippen molar-refractivity contribution in [2.24, 2.45) is 0 Å². The minimum Gasteiger partial charge on any atom is -0.324 e. The maximum atomic E-state index is 11.9. The van der Waals surface area contributed by atoms with E-state index in [9.17, 15) is 9.59 Å². The smallest absolute Gasteiger partial charge is 0.244 e. The van der Waals surface area contributed by atoms with E-state index in [0.717, 1.165) is 16.8 Å². The molecule has 1 saturated heterocycles. The molecule has 0 saturated carbocycles. The van der Waals surface area contributed by atoms with Crippen molar-refractivity contribution in [2.75, 3.05) is 17.6 Å². The Morgan fingerprint density at radius 1 is 1.47 bits per heavy atom. The van der Waals surface area contributed by atoms with Crippen LogP contribution in [0.4, 0.5) is 5.69 Å². The van der Waals surface area contributed by atoms with Gasteiger partial charge >= 0.3 is 0 Å². The minimum atomic E-state index is -0.231. The van der Waals surface area contributed by atoms with E-state index in [1.54, 1.807) is 0 Å². The molecule has 2 rings (SSSR count). The number of benzene rings is 1. The number of carbonyl (C=O) groups excluding carboxylic acids is 2. The molecule has 0 radical (unpaired) electrons. The summed E-state index contributed by atoms with van der Waals surface area (Å²) in [7, 11) is 0. The van der Waals surface area contributed by atoms with Crippen molar-refractivity contribution in [3.8, 4) is 0 Å². The van der Waals surface area contributed by atoms with Crippen LogP contribution in [0.5, 0.6) is 0 Å². The zero-order valence-corrected chi connectivity index (χ0v) is 12.4. The first-order valence-corrected chi connectivity index (χ1v) is 7.21. The van der Waals surface area contributed by atoms with E-state index in [-0.39, 0.29) is 18.4 Å². The normalized spacial score (nSPS) is 14.9. The second-order valence-electron chi connectivity index (χ2n) is 4.40. The average Bonchev–Trinajstić information content (AvgIpc) is 2.65. The molecule has 6 heteroatoms. The van der Waals surface area contributed by atoms with Gasteiger partial charge in [0.1, 0.15) is 10.9 Å². The van der Waals surface area contributed by atoms with Gasteiger partial charge in [-0.3, -0.25) is 14.5 Å². The average molecular weight is 294 g/mol. The van der Waals surface area contributed by atoms with E-state index in [1.165, 1.54) is 16.7 Å². The number of hydrogen-bond acceptors (Lipinski definition) is 4. The number of nitrogens with one attached hydrogen (secondary N) is 1. The van der Waals surface area contributed by atoms with Gasteiger partial charge in [0.25, 0.3) is 0 Å². The van der Waals surface area contributed by atoms with Crippen LogP contribution >= 0.6 is 24.0 Å². The predicted octanol–water partition coefficient (Wildman–Crippen LogP) is 2.10. The van der Waals surface area contributed by atoms with Gasteiger partial charge in [0.15, 0.2) is 0 Å². The van der Waals surface area contributed by atoms with Gasteiger partial charge in [-0.15, -0.1) is 0 Å². The van der Waals surface area contributed by atoms with Crippen LogP contribution in [0.2, 0.25) is 0 Å². The molecule has 1 aromatic carbocycles. The number of aryl methyl sites for hydroxylation is 2. The monoisotopic (exact) mass is 294 g/mol. The summed E-state index contributed by atoms with van der Waals surface area (Å²) in [5, 5.41) is 2.80. The van der Waals surface area contributed by atoms with Gasteiger partial charge in [-0.05, 0) is 25.5 Å². The standard InChI is InChI=1S/C13H14N2O2S2/c1-8-3-4-10(9(2)5-8)14-11(16)6-15-12(17)7-19-13(15)18/h3-5H,6-7H2,1-2H3,(H,14,16). The fourth-order valence-corrected chi connectivity index (χ4v) is 2.89. The Morgan fingerprint density at radius 2 is 2.21 bits per heavy atom. The molecule has 4 nitrogen and oxygen atoms in total. The molecule has 0 aromatic heterocycles. The lowest BCUT2D eigenvalue weighted by atomic mass is 10.1. The van der Waals surface area contributed by atoms with E-state index in [4.69, 9.17) is 12.2 Å². The van der Waals surface area contributed by atoms with Crippen LogP contribution in [0.1, 0.15) is 11.1 Å². The second kappa shape index (κ2) is 5.71. The van der Waals surface area contributed by atoms with Crippen LogP contribution in [-0.4, -0.2) is 33.3 Å². The quantitative estimate of drug-likeness (QED) is 0.867. The Kier molecular flexibility index (Phi) is 4.21. The minimum absolute atomic E-state index is 0.0159. The van der Waals surface area contributed by atoms with Crippen molar-refractivity contribution in [3.63, 3.8) is 0 Å². The molecule has 100 valence electrons. The maximum absolute atomic E-state index is 11.9. The molecule has 1 fully saturated rings. The van der Waals surface area contributed by atoms with E-state index < -0.39 is 0 Å². The first-order valence-electron chi connectivity index (χ1n) is 5.81. The van der Waals surface area contributed by atoms with Crippen LogP contribution in [0.15, 0.2) is 18.2 Å². The lowest BCUT2D eigenvalue weighted by molar-refractivity contribution is -0.127. The summed E-state index contributed by atoms with van der Waals surface area (Å²) in [5.74, 6) is -0.00806. The van der Waals surface area contributed by atoms with Gasteiger partial charge in [0.2, 0.25) is 11.8 Å². The molecule has 0 atom stereocenters. The van der Waals surface area contributed by atoms with E-state index >= 15 is 0 Å². The van der Waals surface area contributed by atoms with Crippen molar-refractivity contribution in [1.82, 2.24) is 4.90 Å². The highest BCUT2D eigenvalue weighted by molar-refractivity contribution is 8.23. The molecule has 0 aliphatic carbocycles.